The molecule has 0 unspecified atom stereocenters. The fraction of sp³-hybridized carbons (Fsp3) is 0.400. The Morgan fingerprint density at radius 1 is 0.963 bits per heavy atom. The molecule has 1 fully saturated rings. The van der Waals surface area contributed by atoms with Crippen LogP contribution >= 0.6 is 12.2 Å². The number of hydrogen-bond acceptors (Lipinski definition) is 7. The number of carbonyl (C=O) groups is 2. The van der Waals surface area contributed by atoms with E-state index in [1.54, 1.807) is 0 Å². The van der Waals surface area contributed by atoms with E-state index in [0.29, 0.717) is 0 Å². The summed E-state index contributed by atoms with van der Waals surface area (Å²) in [4.78, 5) is 44.2. The molecule has 12 heteroatoms. The van der Waals surface area contributed by atoms with Crippen LogP contribution in [0, 0.1) is 26.1 Å². The Bertz CT molecular complexity index is 761. The number of nitro benzene ring substituents is 2. The molecule has 0 aliphatic heterocycles. The van der Waals surface area contributed by atoms with Gasteiger partial charge in [-0.2, -0.15) is 0 Å². The molecule has 0 spiro atoms. The maximum atomic E-state index is 12.2. The van der Waals surface area contributed by atoms with E-state index in [4.69, 9.17) is 12.2 Å². The summed E-state index contributed by atoms with van der Waals surface area (Å²) in [7, 11) is 0. The normalized spacial score (nSPS) is 14.1. The molecular formula is C15H17N5O6S. The van der Waals surface area contributed by atoms with Crippen molar-refractivity contribution in [1.82, 2.24) is 16.2 Å². The number of non-ortho nitro benzene ring substituents is 2. The number of hydrazine groups is 1. The van der Waals surface area contributed by atoms with Gasteiger partial charge in [-0.1, -0.05) is 19.3 Å². The Hall–Kier alpha value is -3.15. The van der Waals surface area contributed by atoms with Crippen LogP contribution in [0.3, 0.4) is 0 Å². The minimum Gasteiger partial charge on any atom is -0.298 e. The predicted octanol–water partition coefficient (Wildman–Crippen LogP) is 1.72. The highest BCUT2D eigenvalue weighted by Gasteiger charge is 2.22. The zero-order valence-corrected chi connectivity index (χ0v) is 14.9. The molecule has 2 rings (SSSR count). The van der Waals surface area contributed by atoms with Crippen LogP contribution in [-0.4, -0.2) is 26.8 Å². The van der Waals surface area contributed by atoms with Crippen molar-refractivity contribution in [3.63, 3.8) is 0 Å². The van der Waals surface area contributed by atoms with Crippen LogP contribution in [0.5, 0.6) is 0 Å². The lowest BCUT2D eigenvalue weighted by atomic mass is 9.89. The maximum absolute atomic E-state index is 12.2. The molecule has 1 aliphatic rings. The van der Waals surface area contributed by atoms with Gasteiger partial charge in [-0.25, -0.2) is 0 Å². The second-order valence-corrected chi connectivity index (χ2v) is 6.39. The predicted molar refractivity (Wildman–Crippen MR) is 97.7 cm³/mol. The summed E-state index contributed by atoms with van der Waals surface area (Å²) in [6.45, 7) is 0. The molecule has 1 aliphatic carbocycles. The molecule has 1 aromatic carbocycles. The molecule has 0 atom stereocenters. The lowest BCUT2D eigenvalue weighted by molar-refractivity contribution is -0.394. The SMILES string of the molecule is O=C(NC(=S)NNC(=O)C1CCCCC1)c1cc([N+](=O)[O-])cc([N+](=O)[O-])c1. The molecule has 0 radical (unpaired) electrons. The Balaban J connectivity index is 1.97. The van der Waals surface area contributed by atoms with E-state index < -0.39 is 27.1 Å². The first-order valence-electron chi connectivity index (χ1n) is 8.13. The molecule has 3 N–H and O–H groups in total. The van der Waals surface area contributed by atoms with Crippen molar-refractivity contribution < 1.29 is 19.4 Å². The van der Waals surface area contributed by atoms with Crippen molar-refractivity contribution in [3.8, 4) is 0 Å². The molecular weight excluding hydrogens is 378 g/mol. The third kappa shape index (κ3) is 5.67. The zero-order chi connectivity index (χ0) is 20.0. The summed E-state index contributed by atoms with van der Waals surface area (Å²) in [5, 5.41) is 23.7. The van der Waals surface area contributed by atoms with Gasteiger partial charge in [0, 0.05) is 18.1 Å². The van der Waals surface area contributed by atoms with Gasteiger partial charge in [0.15, 0.2) is 5.11 Å². The van der Waals surface area contributed by atoms with E-state index in [1.165, 1.54) is 0 Å². The van der Waals surface area contributed by atoms with E-state index in [0.717, 1.165) is 50.3 Å². The molecule has 0 saturated heterocycles. The van der Waals surface area contributed by atoms with Crippen molar-refractivity contribution >= 4 is 40.5 Å². The lowest BCUT2D eigenvalue weighted by Gasteiger charge is -2.21. The minimum atomic E-state index is -0.883. The Labute approximate surface area is 158 Å². The first kappa shape index (κ1) is 20.2. The fourth-order valence-corrected chi connectivity index (χ4v) is 2.87. The number of nitro groups is 2. The van der Waals surface area contributed by atoms with Crippen LogP contribution in [0.2, 0.25) is 0 Å². The highest BCUT2D eigenvalue weighted by Crippen LogP contribution is 2.24. The van der Waals surface area contributed by atoms with E-state index in [9.17, 15) is 29.8 Å². The van der Waals surface area contributed by atoms with Crippen LogP contribution < -0.4 is 16.2 Å². The quantitative estimate of drug-likeness (QED) is 0.395. The molecule has 0 aromatic heterocycles. The van der Waals surface area contributed by atoms with Crippen molar-refractivity contribution in [2.45, 2.75) is 32.1 Å². The summed E-state index contributed by atoms with van der Waals surface area (Å²) in [6, 6.07) is 2.54. The van der Waals surface area contributed by atoms with Gasteiger partial charge in [-0.05, 0) is 25.1 Å². The molecule has 0 bridgehead atoms. The largest absolute Gasteiger partial charge is 0.298 e. The van der Waals surface area contributed by atoms with Crippen LogP contribution in [0.15, 0.2) is 18.2 Å². The number of amides is 2. The van der Waals surface area contributed by atoms with E-state index >= 15 is 0 Å². The molecule has 0 heterocycles. The van der Waals surface area contributed by atoms with Gasteiger partial charge in [0.25, 0.3) is 17.3 Å². The molecule has 27 heavy (non-hydrogen) atoms. The number of nitrogens with one attached hydrogen (secondary N) is 3. The highest BCUT2D eigenvalue weighted by molar-refractivity contribution is 7.80. The molecule has 2 amide bonds. The van der Waals surface area contributed by atoms with E-state index in [1.807, 2.05) is 0 Å². The van der Waals surface area contributed by atoms with Crippen molar-refractivity contribution in [3.05, 3.63) is 44.0 Å². The number of nitrogens with zero attached hydrogens (tertiary/aromatic N) is 2. The molecule has 144 valence electrons. The minimum absolute atomic E-state index is 0.121. The number of benzene rings is 1. The van der Waals surface area contributed by atoms with Gasteiger partial charge >= 0.3 is 0 Å². The average Bonchev–Trinajstić information content (AvgIpc) is 2.66. The fourth-order valence-electron chi connectivity index (χ4n) is 2.73. The summed E-state index contributed by atoms with van der Waals surface area (Å²) < 4.78 is 0. The van der Waals surface area contributed by atoms with Gasteiger partial charge in [-0.15, -0.1) is 0 Å². The van der Waals surface area contributed by atoms with Gasteiger partial charge in [0.05, 0.1) is 21.5 Å². The third-order valence-corrected chi connectivity index (χ3v) is 4.29. The third-order valence-electron chi connectivity index (χ3n) is 4.09. The van der Waals surface area contributed by atoms with E-state index in [2.05, 4.69) is 16.2 Å². The Morgan fingerprint density at radius 2 is 1.52 bits per heavy atom. The average molecular weight is 395 g/mol. The Kier molecular flexibility index (Phi) is 6.71. The lowest BCUT2D eigenvalue weighted by Crippen LogP contribution is -2.50. The molecule has 1 saturated carbocycles. The van der Waals surface area contributed by atoms with Gasteiger partial charge < -0.3 is 0 Å². The summed E-state index contributed by atoms with van der Waals surface area (Å²) in [5.41, 5.74) is 3.29. The van der Waals surface area contributed by atoms with Crippen LogP contribution in [0.4, 0.5) is 11.4 Å². The summed E-state index contributed by atoms with van der Waals surface area (Å²) in [6.07, 6.45) is 4.62. The van der Waals surface area contributed by atoms with Crippen LogP contribution in [-0.2, 0) is 4.79 Å². The van der Waals surface area contributed by atoms with Crippen molar-refractivity contribution in [2.24, 2.45) is 5.92 Å². The molecule has 1 aromatic rings. The van der Waals surface area contributed by atoms with Gasteiger partial charge in [0.1, 0.15) is 0 Å². The number of thiocarbonyl (C=S) groups is 1. The second-order valence-electron chi connectivity index (χ2n) is 5.98. The number of hydrogen-bond donors (Lipinski definition) is 3. The number of rotatable bonds is 4. The first-order valence-corrected chi connectivity index (χ1v) is 8.54. The van der Waals surface area contributed by atoms with E-state index in [-0.39, 0.29) is 22.5 Å². The van der Waals surface area contributed by atoms with Crippen molar-refractivity contribution in [1.29, 1.82) is 0 Å². The Morgan fingerprint density at radius 3 is 2.04 bits per heavy atom. The van der Waals surface area contributed by atoms with Crippen molar-refractivity contribution in [2.75, 3.05) is 0 Å². The first-order chi connectivity index (χ1) is 12.8. The summed E-state index contributed by atoms with van der Waals surface area (Å²) in [5.74, 6) is -1.24. The maximum Gasteiger partial charge on any atom is 0.277 e. The van der Waals surface area contributed by atoms with Crippen LogP contribution in [0.25, 0.3) is 0 Å². The standard InChI is InChI=1S/C15H17N5O6S/c21-13(10-6-11(19(23)24)8-12(7-10)20(25)26)16-15(27)18-17-14(22)9-4-2-1-3-5-9/h6-9H,1-5H2,(H,17,22)(H2,16,18,21,27). The highest BCUT2D eigenvalue weighted by atomic mass is 32.1. The van der Waals surface area contributed by atoms with Gasteiger partial charge in [-0.3, -0.25) is 46.0 Å². The molecule has 11 nitrogen and oxygen atoms in total. The second kappa shape index (κ2) is 8.98. The number of carbonyl (C=O) groups excluding carboxylic acids is 2. The zero-order valence-electron chi connectivity index (χ0n) is 14.1. The summed E-state index contributed by atoms with van der Waals surface area (Å²) >= 11 is 4.89. The monoisotopic (exact) mass is 395 g/mol. The van der Waals surface area contributed by atoms with Crippen LogP contribution in [0.1, 0.15) is 42.5 Å². The topological polar surface area (TPSA) is 157 Å². The van der Waals surface area contributed by atoms with Gasteiger partial charge in [0.2, 0.25) is 5.91 Å². The smallest absolute Gasteiger partial charge is 0.277 e.